The van der Waals surface area contributed by atoms with E-state index in [-0.39, 0.29) is 6.04 Å². The van der Waals surface area contributed by atoms with E-state index >= 15 is 0 Å². The van der Waals surface area contributed by atoms with E-state index in [0.29, 0.717) is 0 Å². The molecule has 3 rings (SSSR count). The summed E-state index contributed by atoms with van der Waals surface area (Å²) in [6.45, 7) is 2.91. The van der Waals surface area contributed by atoms with Gasteiger partial charge in [-0.25, -0.2) is 5.32 Å². The largest absolute Gasteiger partial charge is 0.359 e. The predicted molar refractivity (Wildman–Crippen MR) is 63.4 cm³/mol. The number of aryl methyl sites for hydroxylation is 1. The highest BCUT2D eigenvalue weighted by Gasteiger charge is 2.22. The van der Waals surface area contributed by atoms with E-state index in [1.807, 2.05) is 25.1 Å². The molecule has 4 heteroatoms. The Labute approximate surface area is 100 Å². The van der Waals surface area contributed by atoms with Crippen LogP contribution in [0.5, 0.6) is 0 Å². The summed E-state index contributed by atoms with van der Waals surface area (Å²) >= 11 is 0. The van der Waals surface area contributed by atoms with Crippen LogP contribution in [0.25, 0.3) is 11.3 Å². The lowest BCUT2D eigenvalue weighted by Gasteiger charge is -2.01. The fraction of sp³-hybridized carbons (Fsp3) is 0.385. The molecule has 1 unspecified atom stereocenters. The molecule has 1 atom stereocenters. The maximum Gasteiger partial charge on any atom is 0.155 e. The standard InChI is InChI=1S/C13H14N3O/c1-9-10(4-2-6-14-9)12-8-13(17-16-12)11-5-3-7-15-11/h2,4,6,8,11H,3,5,7H2,1H3. The van der Waals surface area contributed by atoms with Crippen LogP contribution in [0.1, 0.15) is 30.3 Å². The Bertz CT molecular complexity index is 515. The van der Waals surface area contributed by atoms with Crippen molar-refractivity contribution in [1.82, 2.24) is 15.5 Å². The minimum absolute atomic E-state index is 0.202. The Morgan fingerprint density at radius 3 is 3.12 bits per heavy atom. The van der Waals surface area contributed by atoms with E-state index in [9.17, 15) is 0 Å². The Morgan fingerprint density at radius 2 is 2.35 bits per heavy atom. The van der Waals surface area contributed by atoms with Crippen LogP contribution in [-0.2, 0) is 0 Å². The number of rotatable bonds is 2. The highest BCUT2D eigenvalue weighted by atomic mass is 16.5. The molecule has 0 bridgehead atoms. The summed E-state index contributed by atoms with van der Waals surface area (Å²) in [6, 6.07) is 6.11. The van der Waals surface area contributed by atoms with Crippen molar-refractivity contribution >= 4 is 0 Å². The fourth-order valence-electron chi connectivity index (χ4n) is 2.18. The SMILES string of the molecule is Cc1ncccc1-c1cc(C2CCC[N]2)on1. The molecule has 1 aliphatic rings. The molecule has 4 nitrogen and oxygen atoms in total. The van der Waals surface area contributed by atoms with Gasteiger partial charge in [-0.15, -0.1) is 0 Å². The molecule has 0 aliphatic carbocycles. The minimum Gasteiger partial charge on any atom is -0.359 e. The Hall–Kier alpha value is -1.68. The molecule has 0 N–H and O–H groups in total. The number of hydrogen-bond donors (Lipinski definition) is 0. The molecule has 1 aliphatic heterocycles. The van der Waals surface area contributed by atoms with Crippen LogP contribution in [0.15, 0.2) is 28.9 Å². The van der Waals surface area contributed by atoms with Crippen LogP contribution in [0.3, 0.4) is 0 Å². The van der Waals surface area contributed by atoms with Crippen molar-refractivity contribution in [2.24, 2.45) is 0 Å². The first-order chi connectivity index (χ1) is 8.34. The Morgan fingerprint density at radius 1 is 1.41 bits per heavy atom. The van der Waals surface area contributed by atoms with E-state index in [2.05, 4.69) is 15.5 Å². The van der Waals surface area contributed by atoms with Gasteiger partial charge in [-0.2, -0.15) is 0 Å². The number of nitrogens with zero attached hydrogens (tertiary/aromatic N) is 3. The lowest BCUT2D eigenvalue weighted by molar-refractivity contribution is 0.351. The monoisotopic (exact) mass is 228 g/mol. The molecule has 1 fully saturated rings. The first-order valence-corrected chi connectivity index (χ1v) is 5.90. The van der Waals surface area contributed by atoms with Crippen LogP contribution < -0.4 is 5.32 Å². The summed E-state index contributed by atoms with van der Waals surface area (Å²) < 4.78 is 5.39. The molecule has 1 saturated heterocycles. The van der Waals surface area contributed by atoms with Crippen LogP contribution in [0.4, 0.5) is 0 Å². The number of hydrogen-bond acceptors (Lipinski definition) is 3. The molecule has 87 valence electrons. The van der Waals surface area contributed by atoms with Crippen LogP contribution in [0, 0.1) is 6.92 Å². The van der Waals surface area contributed by atoms with Crippen molar-refractivity contribution in [3.8, 4) is 11.3 Å². The molecule has 1 radical (unpaired) electrons. The summed E-state index contributed by atoms with van der Waals surface area (Å²) in [6.07, 6.45) is 4.00. The Balaban J connectivity index is 1.92. The van der Waals surface area contributed by atoms with Gasteiger partial charge in [-0.05, 0) is 31.9 Å². The van der Waals surface area contributed by atoms with Gasteiger partial charge in [-0.3, -0.25) is 4.98 Å². The normalized spacial score (nSPS) is 19.7. The van der Waals surface area contributed by atoms with E-state index in [1.54, 1.807) is 6.20 Å². The van der Waals surface area contributed by atoms with Crippen molar-refractivity contribution < 1.29 is 4.52 Å². The predicted octanol–water partition coefficient (Wildman–Crippen LogP) is 2.48. The van der Waals surface area contributed by atoms with Crippen molar-refractivity contribution in [1.29, 1.82) is 0 Å². The highest BCUT2D eigenvalue weighted by Crippen LogP contribution is 2.28. The second kappa shape index (κ2) is 4.30. The van der Waals surface area contributed by atoms with Gasteiger partial charge in [0.15, 0.2) is 5.76 Å². The third-order valence-corrected chi connectivity index (χ3v) is 3.12. The summed E-state index contributed by atoms with van der Waals surface area (Å²) in [5.74, 6) is 0.876. The van der Waals surface area contributed by atoms with Crippen molar-refractivity contribution in [2.75, 3.05) is 6.54 Å². The van der Waals surface area contributed by atoms with Gasteiger partial charge in [0, 0.05) is 30.1 Å². The second-order valence-electron chi connectivity index (χ2n) is 4.32. The zero-order valence-corrected chi connectivity index (χ0v) is 9.76. The van der Waals surface area contributed by atoms with E-state index in [0.717, 1.165) is 42.1 Å². The van der Waals surface area contributed by atoms with Gasteiger partial charge in [-0.1, -0.05) is 5.16 Å². The van der Waals surface area contributed by atoms with Gasteiger partial charge >= 0.3 is 0 Å². The van der Waals surface area contributed by atoms with Crippen LogP contribution in [-0.4, -0.2) is 16.7 Å². The van der Waals surface area contributed by atoms with Gasteiger partial charge in [0.05, 0.1) is 6.04 Å². The molecule has 3 heterocycles. The molecular formula is C13H14N3O. The quantitative estimate of drug-likeness (QED) is 0.793. The zero-order chi connectivity index (χ0) is 11.7. The van der Waals surface area contributed by atoms with Crippen molar-refractivity contribution in [3.63, 3.8) is 0 Å². The summed E-state index contributed by atoms with van der Waals surface area (Å²) in [4.78, 5) is 4.26. The summed E-state index contributed by atoms with van der Waals surface area (Å²) in [7, 11) is 0. The van der Waals surface area contributed by atoms with Gasteiger partial charge in [0.1, 0.15) is 5.69 Å². The molecule has 2 aromatic heterocycles. The minimum atomic E-state index is 0.202. The summed E-state index contributed by atoms with van der Waals surface area (Å²) in [5, 5.41) is 8.60. The van der Waals surface area contributed by atoms with Crippen LogP contribution >= 0.6 is 0 Å². The molecule has 0 saturated carbocycles. The molecule has 0 aromatic carbocycles. The topological polar surface area (TPSA) is 53.0 Å². The maximum absolute atomic E-state index is 5.39. The third-order valence-electron chi connectivity index (χ3n) is 3.12. The van der Waals surface area contributed by atoms with Crippen molar-refractivity contribution in [3.05, 3.63) is 35.9 Å². The average Bonchev–Trinajstić information content (AvgIpc) is 3.00. The molecule has 17 heavy (non-hydrogen) atoms. The first-order valence-electron chi connectivity index (χ1n) is 5.90. The maximum atomic E-state index is 5.39. The lowest BCUT2D eigenvalue weighted by Crippen LogP contribution is -2.03. The fourth-order valence-corrected chi connectivity index (χ4v) is 2.18. The van der Waals surface area contributed by atoms with Gasteiger partial charge < -0.3 is 4.52 Å². The molecule has 2 aromatic rings. The lowest BCUT2D eigenvalue weighted by atomic mass is 10.1. The molecule has 0 amide bonds. The second-order valence-corrected chi connectivity index (χ2v) is 4.32. The van der Waals surface area contributed by atoms with Gasteiger partial charge in [0.2, 0.25) is 0 Å². The highest BCUT2D eigenvalue weighted by molar-refractivity contribution is 5.61. The number of pyridine rings is 1. The van der Waals surface area contributed by atoms with Crippen LogP contribution in [0.2, 0.25) is 0 Å². The van der Waals surface area contributed by atoms with Crippen molar-refractivity contribution in [2.45, 2.75) is 25.8 Å². The first kappa shape index (κ1) is 10.5. The smallest absolute Gasteiger partial charge is 0.155 e. The molecule has 0 spiro atoms. The Kier molecular flexibility index (Phi) is 2.65. The van der Waals surface area contributed by atoms with E-state index < -0.39 is 0 Å². The van der Waals surface area contributed by atoms with Gasteiger partial charge in [0.25, 0.3) is 0 Å². The average molecular weight is 228 g/mol. The van der Waals surface area contributed by atoms with E-state index in [4.69, 9.17) is 4.52 Å². The van der Waals surface area contributed by atoms with E-state index in [1.165, 1.54) is 0 Å². The molecular weight excluding hydrogens is 214 g/mol. The number of aromatic nitrogens is 2. The summed E-state index contributed by atoms with van der Waals surface area (Å²) in [5.41, 5.74) is 2.85. The zero-order valence-electron chi connectivity index (χ0n) is 9.76. The third kappa shape index (κ3) is 1.96.